The van der Waals surface area contributed by atoms with Crippen LogP contribution in [0, 0.1) is 0 Å². The van der Waals surface area contributed by atoms with E-state index in [2.05, 4.69) is 4.90 Å². The minimum absolute atomic E-state index is 0.471. The Balaban J connectivity index is 2.16. The van der Waals surface area contributed by atoms with E-state index in [0.29, 0.717) is 36.2 Å². The fraction of sp³-hybridized carbons (Fsp3) is 0.533. The Labute approximate surface area is 135 Å². The van der Waals surface area contributed by atoms with Gasteiger partial charge in [-0.3, -0.25) is 14.6 Å². The molecule has 122 valence electrons. The lowest BCUT2D eigenvalue weighted by Crippen LogP contribution is -2.54. The highest BCUT2D eigenvalue weighted by molar-refractivity contribution is 6.32. The summed E-state index contributed by atoms with van der Waals surface area (Å²) >= 11 is 6.18. The molecule has 0 aliphatic carbocycles. The zero-order chi connectivity index (χ0) is 16.3. The topological polar surface area (TPSA) is 62.2 Å². The third kappa shape index (κ3) is 3.63. The molecule has 1 aromatic rings. The van der Waals surface area contributed by atoms with Crippen LogP contribution in [0.3, 0.4) is 0 Å². The predicted octanol–water partition coefficient (Wildman–Crippen LogP) is 1.56. The van der Waals surface area contributed by atoms with E-state index in [1.54, 1.807) is 20.3 Å². The fourth-order valence-corrected chi connectivity index (χ4v) is 2.89. The van der Waals surface area contributed by atoms with Gasteiger partial charge in [0.2, 0.25) is 0 Å². The van der Waals surface area contributed by atoms with Crippen LogP contribution in [0.2, 0.25) is 5.02 Å². The highest BCUT2D eigenvalue weighted by Gasteiger charge is 2.30. The predicted molar refractivity (Wildman–Crippen MR) is 83.9 cm³/mol. The second kappa shape index (κ2) is 7.17. The summed E-state index contributed by atoms with van der Waals surface area (Å²) < 4.78 is 10.6. The standard InChI is InChI=1S/C15H21ClN2O4/c1-17-4-5-18(9-12(17)15(19)20)8-10-6-11(16)14(22-3)7-13(10)21-2/h6-7,12H,4-5,8-9H2,1-3H3,(H,19,20)/t12-/m1/s1. The normalized spacial score (nSPS) is 19.9. The van der Waals surface area contributed by atoms with E-state index in [1.807, 2.05) is 18.0 Å². The number of piperazine rings is 1. The summed E-state index contributed by atoms with van der Waals surface area (Å²) in [7, 11) is 4.98. The first kappa shape index (κ1) is 16.9. The number of carboxylic acid groups (broad SMARTS) is 1. The van der Waals surface area contributed by atoms with Crippen molar-refractivity contribution in [2.45, 2.75) is 12.6 Å². The van der Waals surface area contributed by atoms with Crippen molar-refractivity contribution in [1.29, 1.82) is 0 Å². The Kier molecular flexibility index (Phi) is 5.50. The van der Waals surface area contributed by atoms with Gasteiger partial charge in [0.05, 0.1) is 19.2 Å². The van der Waals surface area contributed by atoms with Gasteiger partial charge in [0.25, 0.3) is 0 Å². The molecule has 1 aromatic carbocycles. The number of halogens is 1. The highest BCUT2D eigenvalue weighted by atomic mass is 35.5. The van der Waals surface area contributed by atoms with E-state index in [4.69, 9.17) is 21.1 Å². The molecule has 1 N–H and O–H groups in total. The van der Waals surface area contributed by atoms with Crippen molar-refractivity contribution >= 4 is 17.6 Å². The zero-order valence-corrected chi connectivity index (χ0v) is 13.8. The molecule has 0 bridgehead atoms. The van der Waals surface area contributed by atoms with Gasteiger partial charge in [-0.15, -0.1) is 0 Å². The lowest BCUT2D eigenvalue weighted by Gasteiger charge is -2.37. The summed E-state index contributed by atoms with van der Waals surface area (Å²) in [6.45, 7) is 2.57. The molecule has 1 aliphatic heterocycles. The molecular formula is C15H21ClN2O4. The average molecular weight is 329 g/mol. The molecule has 6 nitrogen and oxygen atoms in total. The molecule has 0 radical (unpaired) electrons. The number of likely N-dealkylation sites (N-methyl/N-ethyl adjacent to an activating group) is 1. The largest absolute Gasteiger partial charge is 0.496 e. The smallest absolute Gasteiger partial charge is 0.322 e. The fourth-order valence-electron chi connectivity index (χ4n) is 2.63. The summed E-state index contributed by atoms with van der Waals surface area (Å²) in [6.07, 6.45) is 0. The van der Waals surface area contributed by atoms with E-state index < -0.39 is 12.0 Å². The van der Waals surface area contributed by atoms with Gasteiger partial charge in [-0.1, -0.05) is 11.6 Å². The maximum Gasteiger partial charge on any atom is 0.322 e. The summed E-state index contributed by atoms with van der Waals surface area (Å²) in [5.74, 6) is 0.447. The van der Waals surface area contributed by atoms with Crippen LogP contribution in [0.5, 0.6) is 11.5 Å². The molecule has 22 heavy (non-hydrogen) atoms. The van der Waals surface area contributed by atoms with Crippen molar-refractivity contribution < 1.29 is 19.4 Å². The Morgan fingerprint density at radius 1 is 1.32 bits per heavy atom. The number of ether oxygens (including phenoxy) is 2. The molecule has 0 unspecified atom stereocenters. The molecule has 0 amide bonds. The van der Waals surface area contributed by atoms with Crippen molar-refractivity contribution in [3.63, 3.8) is 0 Å². The number of nitrogens with zero attached hydrogens (tertiary/aromatic N) is 2. The maximum atomic E-state index is 11.3. The number of carbonyl (C=O) groups is 1. The monoisotopic (exact) mass is 328 g/mol. The molecule has 0 saturated carbocycles. The van der Waals surface area contributed by atoms with Crippen molar-refractivity contribution in [1.82, 2.24) is 9.80 Å². The summed E-state index contributed by atoms with van der Waals surface area (Å²) in [5.41, 5.74) is 0.919. The van der Waals surface area contributed by atoms with Crippen LogP contribution in [-0.2, 0) is 11.3 Å². The van der Waals surface area contributed by atoms with Crippen molar-refractivity contribution in [3.05, 3.63) is 22.7 Å². The number of methoxy groups -OCH3 is 2. The first-order chi connectivity index (χ1) is 10.5. The van der Waals surface area contributed by atoms with Crippen LogP contribution in [0.25, 0.3) is 0 Å². The Morgan fingerprint density at radius 2 is 2.00 bits per heavy atom. The van der Waals surface area contributed by atoms with Crippen LogP contribution >= 0.6 is 11.6 Å². The van der Waals surface area contributed by atoms with Gasteiger partial charge in [-0.05, 0) is 13.1 Å². The van der Waals surface area contributed by atoms with Gasteiger partial charge in [-0.2, -0.15) is 0 Å². The molecule has 1 atom stereocenters. The number of aliphatic carboxylic acids is 1. The molecule has 1 aliphatic rings. The van der Waals surface area contributed by atoms with E-state index >= 15 is 0 Å². The van der Waals surface area contributed by atoms with Gasteiger partial charge in [0.15, 0.2) is 0 Å². The third-order valence-corrected chi connectivity index (χ3v) is 4.26. The van der Waals surface area contributed by atoms with Gasteiger partial charge < -0.3 is 14.6 Å². The summed E-state index contributed by atoms with van der Waals surface area (Å²) in [5, 5.41) is 9.79. The number of hydrogen-bond donors (Lipinski definition) is 1. The van der Waals surface area contributed by atoms with Crippen molar-refractivity contribution in [3.8, 4) is 11.5 Å². The van der Waals surface area contributed by atoms with Crippen LogP contribution in [0.15, 0.2) is 12.1 Å². The Morgan fingerprint density at radius 3 is 2.59 bits per heavy atom. The molecule has 7 heteroatoms. The SMILES string of the molecule is COc1cc(OC)c(CN2CCN(C)[C@@H](C(=O)O)C2)cc1Cl. The van der Waals surface area contributed by atoms with E-state index in [9.17, 15) is 9.90 Å². The van der Waals surface area contributed by atoms with Crippen LogP contribution in [-0.4, -0.2) is 67.8 Å². The first-order valence-electron chi connectivity index (χ1n) is 7.02. The second-order valence-electron chi connectivity index (χ2n) is 5.37. The van der Waals surface area contributed by atoms with Crippen LogP contribution in [0.4, 0.5) is 0 Å². The van der Waals surface area contributed by atoms with Gasteiger partial charge in [-0.25, -0.2) is 0 Å². The molecule has 2 rings (SSSR count). The minimum Gasteiger partial charge on any atom is -0.496 e. The number of rotatable bonds is 5. The molecule has 0 aromatic heterocycles. The lowest BCUT2D eigenvalue weighted by molar-refractivity contribution is -0.145. The Bertz CT molecular complexity index is 553. The van der Waals surface area contributed by atoms with Crippen molar-refractivity contribution in [2.24, 2.45) is 0 Å². The molecule has 1 heterocycles. The number of benzene rings is 1. The van der Waals surface area contributed by atoms with Crippen molar-refractivity contribution in [2.75, 3.05) is 40.9 Å². The van der Waals surface area contributed by atoms with E-state index in [0.717, 1.165) is 12.1 Å². The third-order valence-electron chi connectivity index (χ3n) is 3.97. The van der Waals surface area contributed by atoms with E-state index in [1.165, 1.54) is 0 Å². The van der Waals surface area contributed by atoms with Crippen LogP contribution in [0.1, 0.15) is 5.56 Å². The second-order valence-corrected chi connectivity index (χ2v) is 5.78. The number of hydrogen-bond acceptors (Lipinski definition) is 5. The first-order valence-corrected chi connectivity index (χ1v) is 7.39. The molecular weight excluding hydrogens is 308 g/mol. The maximum absolute atomic E-state index is 11.3. The van der Waals surface area contributed by atoms with Gasteiger partial charge in [0.1, 0.15) is 17.5 Å². The lowest BCUT2D eigenvalue weighted by atomic mass is 10.1. The quantitative estimate of drug-likeness (QED) is 0.885. The highest BCUT2D eigenvalue weighted by Crippen LogP contribution is 2.33. The molecule has 1 saturated heterocycles. The molecule has 0 spiro atoms. The molecule has 1 fully saturated rings. The average Bonchev–Trinajstić information content (AvgIpc) is 2.49. The minimum atomic E-state index is -0.799. The van der Waals surface area contributed by atoms with E-state index in [-0.39, 0.29) is 0 Å². The summed E-state index contributed by atoms with van der Waals surface area (Å²) in [6, 6.07) is 3.07. The van der Waals surface area contributed by atoms with Gasteiger partial charge >= 0.3 is 5.97 Å². The number of carboxylic acids is 1. The van der Waals surface area contributed by atoms with Gasteiger partial charge in [0, 0.05) is 37.8 Å². The Hall–Kier alpha value is -1.50. The zero-order valence-electron chi connectivity index (χ0n) is 13.0. The van der Waals surface area contributed by atoms with Crippen LogP contribution < -0.4 is 9.47 Å². The summed E-state index contributed by atoms with van der Waals surface area (Å²) in [4.78, 5) is 15.2.